The number of benzene rings is 1. The lowest BCUT2D eigenvalue weighted by Crippen LogP contribution is -2.41. The van der Waals surface area contributed by atoms with E-state index < -0.39 is 0 Å². The van der Waals surface area contributed by atoms with Gasteiger partial charge in [-0.2, -0.15) is 0 Å². The molecule has 0 amide bonds. The molecule has 1 fully saturated rings. The van der Waals surface area contributed by atoms with Gasteiger partial charge in [-0.3, -0.25) is 0 Å². The lowest BCUT2D eigenvalue weighted by Gasteiger charge is -2.36. The average Bonchev–Trinajstić information content (AvgIpc) is 2.79. The number of nitrogens with zero attached hydrogens (tertiary/aromatic N) is 2. The maximum absolute atomic E-state index is 4.97. The van der Waals surface area contributed by atoms with Crippen LogP contribution in [0.2, 0.25) is 0 Å². The molecular weight excluding hydrogens is 234 g/mol. The molecule has 3 nitrogen and oxygen atoms in total. The van der Waals surface area contributed by atoms with Crippen LogP contribution < -0.4 is 5.32 Å². The maximum atomic E-state index is 4.97. The summed E-state index contributed by atoms with van der Waals surface area (Å²) in [6.45, 7) is 6.69. The van der Waals surface area contributed by atoms with E-state index in [1.54, 1.807) is 0 Å². The molecule has 0 aliphatic carbocycles. The van der Waals surface area contributed by atoms with E-state index in [2.05, 4.69) is 49.0 Å². The molecular formula is C16H23N3. The predicted octanol–water partition coefficient (Wildman–Crippen LogP) is 2.91. The second kappa shape index (κ2) is 4.64. The Morgan fingerprint density at radius 2 is 2.05 bits per heavy atom. The molecule has 0 atom stereocenters. The molecule has 1 aromatic carbocycles. The summed E-state index contributed by atoms with van der Waals surface area (Å²) in [5.74, 6) is 1.28. The highest BCUT2D eigenvalue weighted by Gasteiger charge is 2.36. The van der Waals surface area contributed by atoms with Crippen LogP contribution in [-0.2, 0) is 12.5 Å². The van der Waals surface area contributed by atoms with Gasteiger partial charge in [-0.25, -0.2) is 4.98 Å². The van der Waals surface area contributed by atoms with Crippen molar-refractivity contribution < 1.29 is 0 Å². The summed E-state index contributed by atoms with van der Waals surface area (Å²) in [5, 5.41) is 3.47. The summed E-state index contributed by atoms with van der Waals surface area (Å²) >= 11 is 0. The first-order valence-corrected chi connectivity index (χ1v) is 7.31. The fraction of sp³-hybridized carbons (Fsp3) is 0.562. The summed E-state index contributed by atoms with van der Waals surface area (Å²) in [6, 6.07) is 6.42. The number of para-hydroxylation sites is 1. The normalized spacial score (nSPS) is 18.9. The molecule has 3 heteroatoms. The van der Waals surface area contributed by atoms with Crippen molar-refractivity contribution in [1.29, 1.82) is 0 Å². The molecule has 1 saturated heterocycles. The smallest absolute Gasteiger partial charge is 0.115 e. The van der Waals surface area contributed by atoms with Crippen LogP contribution in [0.4, 0.5) is 0 Å². The second-order valence-corrected chi connectivity index (χ2v) is 5.82. The van der Waals surface area contributed by atoms with Gasteiger partial charge in [-0.05, 0) is 50.9 Å². The third-order valence-electron chi connectivity index (χ3n) is 4.81. The standard InChI is InChI=1S/C16H23N3/c1-4-16(8-10-17-11-9-16)15-18-13-7-5-6-12(2)14(13)19(15)3/h5-7,17H,4,8-11H2,1-3H3. The van der Waals surface area contributed by atoms with Gasteiger partial charge in [-0.15, -0.1) is 0 Å². The van der Waals surface area contributed by atoms with E-state index in [0.717, 1.165) is 18.6 Å². The summed E-state index contributed by atoms with van der Waals surface area (Å²) in [4.78, 5) is 4.97. The van der Waals surface area contributed by atoms with E-state index in [4.69, 9.17) is 4.98 Å². The SMILES string of the molecule is CCC1(c2nc3cccc(C)c3n2C)CCNCC1. The largest absolute Gasteiger partial charge is 0.330 e. The lowest BCUT2D eigenvalue weighted by atomic mass is 9.76. The predicted molar refractivity (Wildman–Crippen MR) is 79.5 cm³/mol. The molecule has 0 radical (unpaired) electrons. The molecule has 19 heavy (non-hydrogen) atoms. The maximum Gasteiger partial charge on any atom is 0.115 e. The molecule has 3 rings (SSSR count). The number of hydrogen-bond acceptors (Lipinski definition) is 2. The van der Waals surface area contributed by atoms with Crippen molar-refractivity contribution in [2.45, 2.75) is 38.5 Å². The molecule has 1 N–H and O–H groups in total. The zero-order valence-electron chi connectivity index (χ0n) is 12.2. The Balaban J connectivity index is 2.19. The fourth-order valence-electron chi connectivity index (χ4n) is 3.58. The summed E-state index contributed by atoms with van der Waals surface area (Å²) in [5.41, 5.74) is 4.01. The number of nitrogens with one attached hydrogen (secondary N) is 1. The van der Waals surface area contributed by atoms with Gasteiger partial charge >= 0.3 is 0 Å². The summed E-state index contributed by atoms with van der Waals surface area (Å²) in [6.07, 6.45) is 3.56. The van der Waals surface area contributed by atoms with Gasteiger partial charge in [0, 0.05) is 12.5 Å². The fourth-order valence-corrected chi connectivity index (χ4v) is 3.58. The van der Waals surface area contributed by atoms with Crippen LogP contribution in [0.15, 0.2) is 18.2 Å². The first-order valence-electron chi connectivity index (χ1n) is 7.31. The molecule has 0 bridgehead atoms. The van der Waals surface area contributed by atoms with Crippen LogP contribution in [0.5, 0.6) is 0 Å². The van der Waals surface area contributed by atoms with Gasteiger partial charge in [0.1, 0.15) is 5.82 Å². The summed E-state index contributed by atoms with van der Waals surface area (Å²) < 4.78 is 2.33. The van der Waals surface area contributed by atoms with Crippen LogP contribution in [0.25, 0.3) is 11.0 Å². The van der Waals surface area contributed by atoms with Crippen molar-refractivity contribution in [2.24, 2.45) is 7.05 Å². The van der Waals surface area contributed by atoms with Gasteiger partial charge in [0.15, 0.2) is 0 Å². The molecule has 1 aliphatic heterocycles. The van der Waals surface area contributed by atoms with Crippen molar-refractivity contribution in [3.05, 3.63) is 29.6 Å². The minimum atomic E-state index is 0.255. The highest BCUT2D eigenvalue weighted by atomic mass is 15.1. The Hall–Kier alpha value is -1.35. The van der Waals surface area contributed by atoms with Crippen molar-refractivity contribution in [3.8, 4) is 0 Å². The number of rotatable bonds is 2. The van der Waals surface area contributed by atoms with Crippen molar-refractivity contribution in [1.82, 2.24) is 14.9 Å². The Bertz CT molecular complexity index is 591. The van der Waals surface area contributed by atoms with Crippen LogP contribution >= 0.6 is 0 Å². The van der Waals surface area contributed by atoms with Crippen molar-refractivity contribution in [2.75, 3.05) is 13.1 Å². The van der Waals surface area contributed by atoms with Gasteiger partial charge in [0.25, 0.3) is 0 Å². The first kappa shape index (κ1) is 12.7. The Kier molecular flexibility index (Phi) is 3.09. The number of hydrogen-bond donors (Lipinski definition) is 1. The third-order valence-corrected chi connectivity index (χ3v) is 4.81. The van der Waals surface area contributed by atoms with Gasteiger partial charge in [0.2, 0.25) is 0 Å². The van der Waals surface area contributed by atoms with Crippen LogP contribution in [0.1, 0.15) is 37.6 Å². The van der Waals surface area contributed by atoms with Crippen LogP contribution in [0.3, 0.4) is 0 Å². The number of piperidine rings is 1. The zero-order valence-corrected chi connectivity index (χ0v) is 12.2. The Morgan fingerprint density at radius 3 is 2.68 bits per heavy atom. The molecule has 2 heterocycles. The molecule has 0 saturated carbocycles. The molecule has 102 valence electrons. The van der Waals surface area contributed by atoms with Gasteiger partial charge in [0.05, 0.1) is 11.0 Å². The zero-order chi connectivity index (χ0) is 13.5. The van der Waals surface area contributed by atoms with Crippen LogP contribution in [0, 0.1) is 6.92 Å². The first-order chi connectivity index (χ1) is 9.18. The molecule has 1 aromatic heterocycles. The average molecular weight is 257 g/mol. The third kappa shape index (κ3) is 1.88. The topological polar surface area (TPSA) is 29.9 Å². The Morgan fingerprint density at radius 1 is 1.32 bits per heavy atom. The lowest BCUT2D eigenvalue weighted by molar-refractivity contribution is 0.277. The number of aryl methyl sites for hydroxylation is 2. The van der Waals surface area contributed by atoms with E-state index >= 15 is 0 Å². The highest BCUT2D eigenvalue weighted by Crippen LogP contribution is 2.37. The van der Waals surface area contributed by atoms with E-state index in [-0.39, 0.29) is 5.41 Å². The van der Waals surface area contributed by atoms with Gasteiger partial charge < -0.3 is 9.88 Å². The number of imidazole rings is 1. The van der Waals surface area contributed by atoms with Crippen molar-refractivity contribution >= 4 is 11.0 Å². The van der Waals surface area contributed by atoms with E-state index in [9.17, 15) is 0 Å². The minimum absolute atomic E-state index is 0.255. The quantitative estimate of drug-likeness (QED) is 0.896. The summed E-state index contributed by atoms with van der Waals surface area (Å²) in [7, 11) is 2.18. The minimum Gasteiger partial charge on any atom is -0.330 e. The second-order valence-electron chi connectivity index (χ2n) is 5.82. The molecule has 0 unspecified atom stereocenters. The Labute approximate surface area is 115 Å². The van der Waals surface area contributed by atoms with Crippen LogP contribution in [-0.4, -0.2) is 22.6 Å². The number of aromatic nitrogens is 2. The van der Waals surface area contributed by atoms with E-state index in [1.807, 2.05) is 0 Å². The van der Waals surface area contributed by atoms with Crippen molar-refractivity contribution in [3.63, 3.8) is 0 Å². The molecule has 0 spiro atoms. The van der Waals surface area contributed by atoms with Gasteiger partial charge in [-0.1, -0.05) is 19.1 Å². The van der Waals surface area contributed by atoms with E-state index in [1.165, 1.54) is 36.2 Å². The number of fused-ring (bicyclic) bond motifs is 1. The van der Waals surface area contributed by atoms with E-state index in [0.29, 0.717) is 0 Å². The highest BCUT2D eigenvalue weighted by molar-refractivity contribution is 5.79. The monoisotopic (exact) mass is 257 g/mol. The molecule has 2 aromatic rings. The molecule has 1 aliphatic rings.